The van der Waals surface area contributed by atoms with Crippen molar-refractivity contribution in [2.45, 2.75) is 26.4 Å². The Balaban J connectivity index is 1.91. The quantitative estimate of drug-likeness (QED) is 0.692. The molecule has 0 bridgehead atoms. The van der Waals surface area contributed by atoms with Crippen LogP contribution in [-0.4, -0.2) is 26.6 Å². The molecule has 0 aliphatic carbocycles. The second kappa shape index (κ2) is 6.20. The first-order valence-corrected chi connectivity index (χ1v) is 8.21. The molecule has 0 fully saturated rings. The maximum absolute atomic E-state index is 12.9. The van der Waals surface area contributed by atoms with E-state index in [9.17, 15) is 4.79 Å². The molecule has 0 aliphatic heterocycles. The normalized spacial score (nSPS) is 11.3. The summed E-state index contributed by atoms with van der Waals surface area (Å²) >= 11 is 3.45. The van der Waals surface area contributed by atoms with Crippen LogP contribution >= 0.6 is 15.9 Å². The molecule has 1 aromatic carbocycles. The predicted octanol–water partition coefficient (Wildman–Crippen LogP) is 3.98. The highest BCUT2D eigenvalue weighted by atomic mass is 79.9. The maximum Gasteiger partial charge on any atom is 0.290 e. The second-order valence-corrected chi connectivity index (χ2v) is 6.67. The molecule has 0 radical (unpaired) electrons. The van der Waals surface area contributed by atoms with Gasteiger partial charge in [0.15, 0.2) is 5.76 Å². The van der Waals surface area contributed by atoms with Crippen LogP contribution in [0.1, 0.15) is 30.0 Å². The van der Waals surface area contributed by atoms with Gasteiger partial charge in [0.25, 0.3) is 5.91 Å². The molecule has 6 heteroatoms. The maximum atomic E-state index is 12.9. The lowest BCUT2D eigenvalue weighted by atomic mass is 10.2. The fourth-order valence-electron chi connectivity index (χ4n) is 2.51. The number of fused-ring (bicyclic) bond motifs is 1. The Morgan fingerprint density at radius 2 is 2.22 bits per heavy atom. The number of carbonyl (C=O) groups is 1. The van der Waals surface area contributed by atoms with Gasteiger partial charge in [-0.25, -0.2) is 0 Å². The van der Waals surface area contributed by atoms with Crippen LogP contribution in [0.15, 0.2) is 45.5 Å². The van der Waals surface area contributed by atoms with Gasteiger partial charge < -0.3 is 9.32 Å². The van der Waals surface area contributed by atoms with E-state index in [2.05, 4.69) is 21.0 Å². The standard InChI is InChI=1S/C17H18BrN3O2/c1-11(2)21(10-12-8-19-20(3)9-12)17(22)15-7-13-5-4-6-14(18)16(13)23-15/h4-9,11H,10H2,1-3H3. The van der Waals surface area contributed by atoms with Crippen molar-refractivity contribution >= 4 is 32.8 Å². The molecule has 120 valence electrons. The fourth-order valence-corrected chi connectivity index (χ4v) is 2.98. The average Bonchev–Trinajstić information content (AvgIpc) is 3.11. The Bertz CT molecular complexity index is 851. The molecule has 1 amide bonds. The number of rotatable bonds is 4. The molecule has 23 heavy (non-hydrogen) atoms. The van der Waals surface area contributed by atoms with Gasteiger partial charge >= 0.3 is 0 Å². The summed E-state index contributed by atoms with van der Waals surface area (Å²) in [7, 11) is 1.86. The Kier molecular flexibility index (Phi) is 4.26. The summed E-state index contributed by atoms with van der Waals surface area (Å²) in [5, 5.41) is 5.07. The molecule has 5 nitrogen and oxygen atoms in total. The minimum atomic E-state index is -0.119. The first-order valence-electron chi connectivity index (χ1n) is 7.42. The third-order valence-corrected chi connectivity index (χ3v) is 4.33. The molecular weight excluding hydrogens is 358 g/mol. The number of furan rings is 1. The highest BCUT2D eigenvalue weighted by Crippen LogP contribution is 2.28. The van der Waals surface area contributed by atoms with E-state index < -0.39 is 0 Å². The van der Waals surface area contributed by atoms with E-state index in [0.717, 1.165) is 15.4 Å². The first kappa shape index (κ1) is 15.8. The van der Waals surface area contributed by atoms with E-state index in [1.165, 1.54) is 0 Å². The zero-order valence-corrected chi connectivity index (χ0v) is 14.9. The molecule has 2 heterocycles. The van der Waals surface area contributed by atoms with Crippen molar-refractivity contribution in [2.24, 2.45) is 7.05 Å². The second-order valence-electron chi connectivity index (χ2n) is 5.82. The Labute approximate surface area is 143 Å². The van der Waals surface area contributed by atoms with Crippen LogP contribution in [0, 0.1) is 0 Å². The van der Waals surface area contributed by atoms with Crippen molar-refractivity contribution in [3.8, 4) is 0 Å². The molecule has 0 saturated heterocycles. The number of amides is 1. The van der Waals surface area contributed by atoms with Gasteiger partial charge in [-0.05, 0) is 41.9 Å². The van der Waals surface area contributed by atoms with E-state index in [1.54, 1.807) is 21.8 Å². The summed E-state index contributed by atoms with van der Waals surface area (Å²) in [6, 6.07) is 7.60. The van der Waals surface area contributed by atoms with Gasteiger partial charge in [-0.3, -0.25) is 9.48 Å². The Hall–Kier alpha value is -2.08. The van der Waals surface area contributed by atoms with Crippen molar-refractivity contribution in [1.82, 2.24) is 14.7 Å². The SMILES string of the molecule is CC(C)N(Cc1cnn(C)c1)C(=O)c1cc2cccc(Br)c2o1. The van der Waals surface area contributed by atoms with Crippen molar-refractivity contribution in [2.75, 3.05) is 0 Å². The number of nitrogens with zero attached hydrogens (tertiary/aromatic N) is 3. The minimum absolute atomic E-state index is 0.0550. The number of para-hydroxylation sites is 1. The van der Waals surface area contributed by atoms with Crippen molar-refractivity contribution in [3.63, 3.8) is 0 Å². The summed E-state index contributed by atoms with van der Waals surface area (Å²) in [5.74, 6) is 0.233. The lowest BCUT2D eigenvalue weighted by Gasteiger charge is -2.25. The Morgan fingerprint density at radius 1 is 1.43 bits per heavy atom. The van der Waals surface area contributed by atoms with E-state index in [-0.39, 0.29) is 11.9 Å². The van der Waals surface area contributed by atoms with E-state index in [1.807, 2.05) is 45.3 Å². The molecule has 0 spiro atoms. The van der Waals surface area contributed by atoms with E-state index in [4.69, 9.17) is 4.42 Å². The fraction of sp³-hybridized carbons (Fsp3) is 0.294. The van der Waals surface area contributed by atoms with Gasteiger partial charge in [0.1, 0.15) is 5.58 Å². The van der Waals surface area contributed by atoms with Gasteiger partial charge in [-0.15, -0.1) is 0 Å². The third kappa shape index (κ3) is 3.17. The molecule has 0 aliphatic rings. The van der Waals surface area contributed by atoms with Crippen LogP contribution < -0.4 is 0 Å². The number of carbonyl (C=O) groups excluding carboxylic acids is 1. The number of hydrogen-bond donors (Lipinski definition) is 0. The monoisotopic (exact) mass is 375 g/mol. The van der Waals surface area contributed by atoms with Gasteiger partial charge in [0.2, 0.25) is 0 Å². The molecular formula is C17H18BrN3O2. The summed E-state index contributed by atoms with van der Waals surface area (Å²) < 4.78 is 8.35. The average molecular weight is 376 g/mol. The number of aryl methyl sites for hydroxylation is 1. The molecule has 3 aromatic rings. The van der Waals surface area contributed by atoms with Gasteiger partial charge in [-0.1, -0.05) is 12.1 Å². The number of hydrogen-bond acceptors (Lipinski definition) is 3. The van der Waals surface area contributed by atoms with Gasteiger partial charge in [0.05, 0.1) is 10.7 Å². The lowest BCUT2D eigenvalue weighted by molar-refractivity contribution is 0.0660. The number of aromatic nitrogens is 2. The van der Waals surface area contributed by atoms with Gasteiger partial charge in [0, 0.05) is 36.8 Å². The Morgan fingerprint density at radius 3 is 2.83 bits per heavy atom. The molecule has 0 atom stereocenters. The molecule has 0 unspecified atom stereocenters. The zero-order valence-electron chi connectivity index (χ0n) is 13.3. The van der Waals surface area contributed by atoms with Crippen molar-refractivity contribution in [3.05, 3.63) is 52.5 Å². The van der Waals surface area contributed by atoms with Crippen LogP contribution in [0.5, 0.6) is 0 Å². The summed E-state index contributed by atoms with van der Waals surface area (Å²) in [6.07, 6.45) is 3.69. The number of benzene rings is 1. The van der Waals surface area contributed by atoms with Crippen LogP contribution in [0.3, 0.4) is 0 Å². The van der Waals surface area contributed by atoms with E-state index in [0.29, 0.717) is 17.9 Å². The van der Waals surface area contributed by atoms with Crippen LogP contribution in [0.4, 0.5) is 0 Å². The summed E-state index contributed by atoms with van der Waals surface area (Å²) in [4.78, 5) is 14.6. The highest BCUT2D eigenvalue weighted by Gasteiger charge is 2.23. The molecule has 0 N–H and O–H groups in total. The van der Waals surface area contributed by atoms with Crippen molar-refractivity contribution < 1.29 is 9.21 Å². The first-order chi connectivity index (χ1) is 11.0. The third-order valence-electron chi connectivity index (χ3n) is 3.70. The van der Waals surface area contributed by atoms with Crippen LogP contribution in [0.25, 0.3) is 11.0 Å². The van der Waals surface area contributed by atoms with Crippen LogP contribution in [-0.2, 0) is 13.6 Å². The van der Waals surface area contributed by atoms with Crippen LogP contribution in [0.2, 0.25) is 0 Å². The minimum Gasteiger partial charge on any atom is -0.450 e. The van der Waals surface area contributed by atoms with E-state index >= 15 is 0 Å². The molecule has 0 saturated carbocycles. The van der Waals surface area contributed by atoms with Gasteiger partial charge in [-0.2, -0.15) is 5.10 Å². The molecule has 3 rings (SSSR count). The van der Waals surface area contributed by atoms with Crippen molar-refractivity contribution in [1.29, 1.82) is 0 Å². The lowest BCUT2D eigenvalue weighted by Crippen LogP contribution is -2.36. The summed E-state index contributed by atoms with van der Waals surface area (Å²) in [6.45, 7) is 4.49. The smallest absolute Gasteiger partial charge is 0.290 e. The molecule has 2 aromatic heterocycles. The highest BCUT2D eigenvalue weighted by molar-refractivity contribution is 9.10. The number of halogens is 1. The topological polar surface area (TPSA) is 51.3 Å². The predicted molar refractivity (Wildman–Crippen MR) is 92.1 cm³/mol. The zero-order chi connectivity index (χ0) is 16.6. The largest absolute Gasteiger partial charge is 0.450 e. The summed E-state index contributed by atoms with van der Waals surface area (Å²) in [5.41, 5.74) is 1.69.